The second-order valence-corrected chi connectivity index (χ2v) is 9.23. The van der Waals surface area contributed by atoms with E-state index in [9.17, 15) is 9.90 Å². The van der Waals surface area contributed by atoms with Crippen LogP contribution >= 0.6 is 0 Å². The molecule has 0 spiro atoms. The van der Waals surface area contributed by atoms with Crippen LogP contribution in [0.25, 0.3) is 11.3 Å². The van der Waals surface area contributed by atoms with Crippen molar-refractivity contribution in [2.75, 3.05) is 0 Å². The molecule has 1 aliphatic heterocycles. The van der Waals surface area contributed by atoms with Crippen LogP contribution in [0.5, 0.6) is 0 Å². The summed E-state index contributed by atoms with van der Waals surface area (Å²) in [7, 11) is -0.430. The Hall–Kier alpha value is -2.18. The average molecular weight is 393 g/mol. The van der Waals surface area contributed by atoms with Crippen LogP contribution in [0.2, 0.25) is 0 Å². The van der Waals surface area contributed by atoms with Gasteiger partial charge in [0.2, 0.25) is 0 Å². The Morgan fingerprint density at radius 3 is 2.17 bits per heavy atom. The number of pyridine rings is 1. The minimum Gasteiger partial charge on any atom is -0.481 e. The monoisotopic (exact) mass is 393 g/mol. The van der Waals surface area contributed by atoms with E-state index in [4.69, 9.17) is 9.31 Å². The molecule has 2 heterocycles. The van der Waals surface area contributed by atoms with Gasteiger partial charge in [-0.3, -0.25) is 9.78 Å². The van der Waals surface area contributed by atoms with Crippen LogP contribution in [0.15, 0.2) is 42.6 Å². The van der Waals surface area contributed by atoms with E-state index in [2.05, 4.69) is 11.9 Å². The molecule has 1 saturated heterocycles. The van der Waals surface area contributed by atoms with Crippen molar-refractivity contribution in [2.24, 2.45) is 5.92 Å². The predicted octanol–water partition coefficient (Wildman–Crippen LogP) is 3.80. The van der Waals surface area contributed by atoms with Crippen LogP contribution in [-0.4, -0.2) is 34.4 Å². The molecule has 2 atom stereocenters. The maximum atomic E-state index is 11.8. The number of aliphatic carboxylic acids is 1. The van der Waals surface area contributed by atoms with Crippen molar-refractivity contribution < 1.29 is 19.2 Å². The number of hydrogen-bond donors (Lipinski definition) is 1. The van der Waals surface area contributed by atoms with Crippen molar-refractivity contribution in [3.8, 4) is 11.3 Å². The summed E-state index contributed by atoms with van der Waals surface area (Å²) in [6.07, 6.45) is 3.40. The smallest absolute Gasteiger partial charge is 0.481 e. The molecule has 2 fully saturated rings. The van der Waals surface area contributed by atoms with Gasteiger partial charge in [-0.15, -0.1) is 0 Å². The van der Waals surface area contributed by atoms with Crippen LogP contribution in [0.1, 0.15) is 53.0 Å². The van der Waals surface area contributed by atoms with Crippen molar-refractivity contribution in [1.29, 1.82) is 0 Å². The molecule has 1 aromatic heterocycles. The molecule has 1 saturated carbocycles. The van der Waals surface area contributed by atoms with Crippen LogP contribution in [0.3, 0.4) is 0 Å². The highest BCUT2D eigenvalue weighted by Crippen LogP contribution is 2.56. The number of hydrogen-bond acceptors (Lipinski definition) is 4. The zero-order valence-corrected chi connectivity index (χ0v) is 17.7. The standard InChI is InChI=1S/C23H28BNO4/c1-6-16-13-23(16,20(26)27)17-9-7-15(8-10-17)19-12-11-18(14-25-19)24-28-21(2,3)22(4,5)29-24/h7-12,14,16H,6,13H2,1-5H3,(H,26,27). The summed E-state index contributed by atoms with van der Waals surface area (Å²) in [6.45, 7) is 10.2. The second-order valence-electron chi connectivity index (χ2n) is 9.23. The summed E-state index contributed by atoms with van der Waals surface area (Å²) in [4.78, 5) is 16.4. The van der Waals surface area contributed by atoms with Gasteiger partial charge in [-0.2, -0.15) is 0 Å². The van der Waals surface area contributed by atoms with Gasteiger partial charge in [0, 0.05) is 17.2 Å². The molecule has 1 aliphatic carbocycles. The molecular formula is C23H28BNO4. The second kappa shape index (κ2) is 6.68. The van der Waals surface area contributed by atoms with Gasteiger partial charge in [0.05, 0.1) is 22.3 Å². The number of aromatic nitrogens is 1. The molecule has 4 rings (SSSR count). The number of carboxylic acids is 1. The molecule has 29 heavy (non-hydrogen) atoms. The lowest BCUT2D eigenvalue weighted by atomic mass is 9.80. The van der Waals surface area contributed by atoms with Gasteiger partial charge < -0.3 is 14.4 Å². The number of nitrogens with zero attached hydrogens (tertiary/aromatic N) is 1. The Kier molecular flexibility index (Phi) is 4.63. The third-order valence-corrected chi connectivity index (χ3v) is 6.99. The van der Waals surface area contributed by atoms with Gasteiger partial charge in [0.15, 0.2) is 0 Å². The van der Waals surface area contributed by atoms with Gasteiger partial charge in [0.1, 0.15) is 0 Å². The van der Waals surface area contributed by atoms with Crippen molar-refractivity contribution in [1.82, 2.24) is 4.98 Å². The molecule has 6 heteroatoms. The Labute approximate surface area is 172 Å². The zero-order chi connectivity index (χ0) is 21.0. The van der Waals surface area contributed by atoms with Crippen molar-refractivity contribution in [3.05, 3.63) is 48.2 Å². The SMILES string of the molecule is CCC1CC1(C(=O)O)c1ccc(-c2ccc(B3OC(C)(C)C(C)(C)O3)cn2)cc1. The lowest BCUT2D eigenvalue weighted by Crippen LogP contribution is -2.41. The van der Waals surface area contributed by atoms with E-state index in [0.29, 0.717) is 0 Å². The van der Waals surface area contributed by atoms with E-state index >= 15 is 0 Å². The Bertz CT molecular complexity index is 907. The first-order chi connectivity index (χ1) is 13.6. The summed E-state index contributed by atoms with van der Waals surface area (Å²) < 4.78 is 12.2. The fourth-order valence-corrected chi connectivity index (χ4v) is 4.19. The van der Waals surface area contributed by atoms with E-state index in [1.54, 1.807) is 6.20 Å². The van der Waals surface area contributed by atoms with Crippen molar-refractivity contribution in [2.45, 2.75) is 64.1 Å². The number of benzene rings is 1. The van der Waals surface area contributed by atoms with E-state index in [1.807, 2.05) is 64.1 Å². The third-order valence-electron chi connectivity index (χ3n) is 6.99. The van der Waals surface area contributed by atoms with Crippen molar-refractivity contribution >= 4 is 18.6 Å². The summed E-state index contributed by atoms with van der Waals surface area (Å²) in [5.41, 5.74) is 2.09. The van der Waals surface area contributed by atoms with E-state index in [1.165, 1.54) is 0 Å². The first-order valence-electron chi connectivity index (χ1n) is 10.3. The summed E-state index contributed by atoms with van der Waals surface area (Å²) in [5, 5.41) is 9.72. The maximum absolute atomic E-state index is 11.8. The number of carbonyl (C=O) groups is 1. The molecule has 2 aliphatic rings. The molecule has 0 radical (unpaired) electrons. The predicted molar refractivity (Wildman–Crippen MR) is 113 cm³/mol. The molecular weight excluding hydrogens is 365 g/mol. The lowest BCUT2D eigenvalue weighted by molar-refractivity contribution is -0.140. The van der Waals surface area contributed by atoms with Gasteiger partial charge in [-0.1, -0.05) is 43.7 Å². The first-order valence-corrected chi connectivity index (χ1v) is 10.3. The highest BCUT2D eigenvalue weighted by atomic mass is 16.7. The van der Waals surface area contributed by atoms with Crippen molar-refractivity contribution in [3.63, 3.8) is 0 Å². The van der Waals surface area contributed by atoms with Crippen LogP contribution < -0.4 is 5.46 Å². The quantitative estimate of drug-likeness (QED) is 0.783. The average Bonchev–Trinajstić information content (AvgIpc) is 3.38. The normalized spacial score (nSPS) is 27.1. The van der Waals surface area contributed by atoms with Crippen LogP contribution in [-0.2, 0) is 19.5 Å². The maximum Gasteiger partial charge on any atom is 0.496 e. The van der Waals surface area contributed by atoms with E-state index in [0.717, 1.165) is 35.1 Å². The molecule has 0 amide bonds. The number of rotatable bonds is 5. The summed E-state index contributed by atoms with van der Waals surface area (Å²) in [5.74, 6) is -0.495. The fourth-order valence-electron chi connectivity index (χ4n) is 4.19. The van der Waals surface area contributed by atoms with E-state index < -0.39 is 18.5 Å². The van der Waals surface area contributed by atoms with E-state index in [-0.39, 0.29) is 17.1 Å². The minimum atomic E-state index is -0.720. The fraction of sp³-hybridized carbons (Fsp3) is 0.478. The summed E-state index contributed by atoms with van der Waals surface area (Å²) in [6, 6.07) is 11.7. The Balaban J connectivity index is 1.53. The van der Waals surface area contributed by atoms with Gasteiger partial charge in [-0.25, -0.2) is 0 Å². The Morgan fingerprint density at radius 1 is 1.10 bits per heavy atom. The van der Waals surface area contributed by atoms with Gasteiger partial charge in [-0.05, 0) is 51.7 Å². The van der Waals surface area contributed by atoms with Crippen LogP contribution in [0.4, 0.5) is 0 Å². The van der Waals surface area contributed by atoms with Gasteiger partial charge >= 0.3 is 13.1 Å². The third kappa shape index (κ3) is 3.19. The van der Waals surface area contributed by atoms with Gasteiger partial charge in [0.25, 0.3) is 0 Å². The largest absolute Gasteiger partial charge is 0.496 e. The molecule has 1 N–H and O–H groups in total. The zero-order valence-electron chi connectivity index (χ0n) is 17.7. The molecule has 1 aromatic carbocycles. The molecule has 0 bridgehead atoms. The highest BCUT2D eigenvalue weighted by Gasteiger charge is 2.60. The minimum absolute atomic E-state index is 0.225. The van der Waals surface area contributed by atoms with Crippen LogP contribution in [0, 0.1) is 5.92 Å². The first kappa shape index (κ1) is 20.1. The lowest BCUT2D eigenvalue weighted by Gasteiger charge is -2.32. The number of carboxylic acid groups (broad SMARTS) is 1. The summed E-state index contributed by atoms with van der Waals surface area (Å²) >= 11 is 0. The molecule has 152 valence electrons. The molecule has 2 aromatic rings. The topological polar surface area (TPSA) is 68.7 Å². The Morgan fingerprint density at radius 2 is 1.72 bits per heavy atom. The highest BCUT2D eigenvalue weighted by molar-refractivity contribution is 6.62. The molecule has 5 nitrogen and oxygen atoms in total. The molecule has 2 unspecified atom stereocenters.